The Bertz CT molecular complexity index is 364. The van der Waals surface area contributed by atoms with Gasteiger partial charge >= 0.3 is 0 Å². The van der Waals surface area contributed by atoms with Crippen LogP contribution in [0.4, 0.5) is 0 Å². The Hall–Kier alpha value is -0.530. The van der Waals surface area contributed by atoms with Crippen LogP contribution in [0.25, 0.3) is 0 Å². The molecule has 1 aromatic carbocycles. The predicted octanol–water partition coefficient (Wildman–Crippen LogP) is 4.09. The van der Waals surface area contributed by atoms with Gasteiger partial charge in [0.15, 0.2) is 0 Å². The average molecular weight is 238 g/mol. The summed E-state index contributed by atoms with van der Waals surface area (Å²) in [4.78, 5) is 0. The van der Waals surface area contributed by atoms with Gasteiger partial charge in [-0.3, -0.25) is 0 Å². The third-order valence-corrected chi connectivity index (χ3v) is 4.21. The smallest absolute Gasteiger partial charge is 0.0456 e. The highest BCUT2D eigenvalue weighted by Gasteiger charge is 2.34. The van der Waals surface area contributed by atoms with Gasteiger partial charge in [0.05, 0.1) is 0 Å². The monoisotopic (exact) mass is 237 g/mol. The molecule has 1 saturated carbocycles. The van der Waals surface area contributed by atoms with Crippen LogP contribution >= 0.6 is 11.6 Å². The van der Waals surface area contributed by atoms with E-state index in [9.17, 15) is 0 Å². The number of benzene rings is 1. The van der Waals surface area contributed by atoms with Gasteiger partial charge < -0.3 is 5.73 Å². The zero-order valence-corrected chi connectivity index (χ0v) is 10.6. The van der Waals surface area contributed by atoms with Crippen molar-refractivity contribution in [3.63, 3.8) is 0 Å². The van der Waals surface area contributed by atoms with Crippen molar-refractivity contribution in [2.45, 2.75) is 44.6 Å². The van der Waals surface area contributed by atoms with E-state index in [1.54, 1.807) is 0 Å². The van der Waals surface area contributed by atoms with Gasteiger partial charge in [0.2, 0.25) is 0 Å². The fourth-order valence-corrected chi connectivity index (χ4v) is 3.21. The first-order valence-electron chi connectivity index (χ1n) is 6.19. The molecule has 2 unspecified atom stereocenters. The van der Waals surface area contributed by atoms with Gasteiger partial charge in [-0.1, -0.05) is 56.0 Å². The molecule has 2 rings (SSSR count). The zero-order valence-electron chi connectivity index (χ0n) is 9.88. The number of halogens is 1. The SMILES string of the molecule is CCC1CCCC(N)(c2ccccc2Cl)C1. The molecular formula is C14H20ClN. The van der Waals surface area contributed by atoms with Crippen LogP contribution in [0.3, 0.4) is 0 Å². The number of hydrogen-bond donors (Lipinski definition) is 1. The summed E-state index contributed by atoms with van der Waals surface area (Å²) in [5.74, 6) is 0.759. The highest BCUT2D eigenvalue weighted by Crippen LogP contribution is 2.41. The highest BCUT2D eigenvalue weighted by atomic mass is 35.5. The van der Waals surface area contributed by atoms with E-state index in [4.69, 9.17) is 17.3 Å². The largest absolute Gasteiger partial charge is 0.321 e. The lowest BCUT2D eigenvalue weighted by Crippen LogP contribution is -2.41. The van der Waals surface area contributed by atoms with Crippen molar-refractivity contribution in [3.05, 3.63) is 34.9 Å². The minimum Gasteiger partial charge on any atom is -0.321 e. The number of hydrogen-bond acceptors (Lipinski definition) is 1. The molecule has 1 aliphatic rings. The summed E-state index contributed by atoms with van der Waals surface area (Å²) in [7, 11) is 0. The lowest BCUT2D eigenvalue weighted by molar-refractivity contribution is 0.221. The minimum absolute atomic E-state index is 0.197. The van der Waals surface area contributed by atoms with Crippen molar-refractivity contribution in [2.75, 3.05) is 0 Å². The van der Waals surface area contributed by atoms with Crippen molar-refractivity contribution in [1.29, 1.82) is 0 Å². The maximum absolute atomic E-state index is 6.56. The molecule has 0 aliphatic heterocycles. The van der Waals surface area contributed by atoms with Crippen LogP contribution in [0.5, 0.6) is 0 Å². The van der Waals surface area contributed by atoms with Crippen molar-refractivity contribution in [3.8, 4) is 0 Å². The molecule has 0 spiro atoms. The molecule has 0 amide bonds. The molecule has 2 N–H and O–H groups in total. The summed E-state index contributed by atoms with van der Waals surface area (Å²) < 4.78 is 0. The van der Waals surface area contributed by atoms with Crippen molar-refractivity contribution in [2.24, 2.45) is 11.7 Å². The Kier molecular flexibility index (Phi) is 3.56. The molecule has 0 saturated heterocycles. The van der Waals surface area contributed by atoms with E-state index in [1.165, 1.54) is 19.3 Å². The van der Waals surface area contributed by atoms with Crippen LogP contribution in [0.1, 0.15) is 44.6 Å². The maximum Gasteiger partial charge on any atom is 0.0456 e. The third kappa shape index (κ3) is 2.26. The standard InChI is InChI=1S/C14H20ClN/c1-2-11-6-5-9-14(16,10-11)12-7-3-4-8-13(12)15/h3-4,7-8,11H,2,5-6,9-10,16H2,1H3. The Morgan fingerprint density at radius 3 is 2.88 bits per heavy atom. The Balaban J connectivity index is 2.27. The second-order valence-corrected chi connectivity index (χ2v) is 5.41. The summed E-state index contributed by atoms with van der Waals surface area (Å²) in [5.41, 5.74) is 7.50. The van der Waals surface area contributed by atoms with E-state index in [1.807, 2.05) is 18.2 Å². The van der Waals surface area contributed by atoms with Crippen LogP contribution < -0.4 is 5.73 Å². The molecule has 1 nitrogen and oxygen atoms in total. The molecule has 1 aromatic rings. The van der Waals surface area contributed by atoms with Gasteiger partial charge in [-0.15, -0.1) is 0 Å². The van der Waals surface area contributed by atoms with Gasteiger partial charge in [0, 0.05) is 10.6 Å². The Labute approximate surface area is 103 Å². The van der Waals surface area contributed by atoms with Gasteiger partial charge in [0.25, 0.3) is 0 Å². The lowest BCUT2D eigenvalue weighted by Gasteiger charge is -2.38. The first-order chi connectivity index (χ1) is 7.65. The van der Waals surface area contributed by atoms with E-state index in [-0.39, 0.29) is 5.54 Å². The lowest BCUT2D eigenvalue weighted by atomic mass is 9.72. The van der Waals surface area contributed by atoms with E-state index < -0.39 is 0 Å². The van der Waals surface area contributed by atoms with Gasteiger partial charge in [-0.25, -0.2) is 0 Å². The van der Waals surface area contributed by atoms with E-state index >= 15 is 0 Å². The molecule has 2 heteroatoms. The molecule has 2 atom stereocenters. The third-order valence-electron chi connectivity index (χ3n) is 3.88. The van der Waals surface area contributed by atoms with Gasteiger partial charge in [-0.05, 0) is 30.4 Å². The molecule has 0 heterocycles. The summed E-state index contributed by atoms with van der Waals surface area (Å²) in [5, 5.41) is 0.821. The molecular weight excluding hydrogens is 218 g/mol. The molecule has 88 valence electrons. The molecule has 0 bridgehead atoms. The minimum atomic E-state index is -0.197. The van der Waals surface area contributed by atoms with Crippen molar-refractivity contribution < 1.29 is 0 Å². The predicted molar refractivity (Wildman–Crippen MR) is 69.6 cm³/mol. The average Bonchev–Trinajstić information content (AvgIpc) is 2.29. The Morgan fingerprint density at radius 2 is 2.19 bits per heavy atom. The zero-order chi connectivity index (χ0) is 11.6. The molecule has 16 heavy (non-hydrogen) atoms. The fraction of sp³-hybridized carbons (Fsp3) is 0.571. The van der Waals surface area contributed by atoms with Crippen molar-refractivity contribution in [1.82, 2.24) is 0 Å². The van der Waals surface area contributed by atoms with Gasteiger partial charge in [-0.2, -0.15) is 0 Å². The van der Waals surface area contributed by atoms with Crippen LogP contribution in [-0.4, -0.2) is 0 Å². The highest BCUT2D eigenvalue weighted by molar-refractivity contribution is 6.31. The topological polar surface area (TPSA) is 26.0 Å². The van der Waals surface area contributed by atoms with Crippen LogP contribution in [0.15, 0.2) is 24.3 Å². The number of nitrogens with two attached hydrogens (primary N) is 1. The van der Waals surface area contributed by atoms with Crippen molar-refractivity contribution >= 4 is 11.6 Å². The van der Waals surface area contributed by atoms with E-state index in [0.29, 0.717) is 0 Å². The summed E-state index contributed by atoms with van der Waals surface area (Å²) in [6, 6.07) is 8.03. The number of rotatable bonds is 2. The normalized spacial score (nSPS) is 30.3. The second kappa shape index (κ2) is 4.77. The first-order valence-corrected chi connectivity index (χ1v) is 6.57. The quantitative estimate of drug-likeness (QED) is 0.824. The first kappa shape index (κ1) is 11.9. The van der Waals surface area contributed by atoms with Crippen LogP contribution in [0.2, 0.25) is 5.02 Å². The fourth-order valence-electron chi connectivity index (χ4n) is 2.88. The molecule has 0 radical (unpaired) electrons. The van der Waals surface area contributed by atoms with E-state index in [0.717, 1.165) is 29.3 Å². The summed E-state index contributed by atoms with van der Waals surface area (Å²) in [6.45, 7) is 2.25. The summed E-state index contributed by atoms with van der Waals surface area (Å²) in [6.07, 6.45) is 5.91. The van der Waals surface area contributed by atoms with E-state index in [2.05, 4.69) is 13.0 Å². The maximum atomic E-state index is 6.56. The van der Waals surface area contributed by atoms with Crippen LogP contribution in [-0.2, 0) is 5.54 Å². The molecule has 0 aromatic heterocycles. The van der Waals surface area contributed by atoms with Crippen LogP contribution in [0, 0.1) is 5.92 Å². The second-order valence-electron chi connectivity index (χ2n) is 5.01. The molecule has 1 fully saturated rings. The van der Waals surface area contributed by atoms with Gasteiger partial charge in [0.1, 0.15) is 0 Å². The summed E-state index contributed by atoms with van der Waals surface area (Å²) >= 11 is 6.26. The Morgan fingerprint density at radius 1 is 1.44 bits per heavy atom. The molecule has 1 aliphatic carbocycles.